The largest absolute Gasteiger partial charge is 0.283 e. The van der Waals surface area contributed by atoms with Gasteiger partial charge in [-0.3, -0.25) is 9.78 Å². The normalized spacial score (nSPS) is 10.9. The molecule has 0 aliphatic heterocycles. The van der Waals surface area contributed by atoms with E-state index in [1.54, 1.807) is 25.4 Å². The molecule has 0 aliphatic carbocycles. The summed E-state index contributed by atoms with van der Waals surface area (Å²) in [6.07, 6.45) is 4.93. The Morgan fingerprint density at radius 3 is 2.88 bits per heavy atom. The van der Waals surface area contributed by atoms with Crippen molar-refractivity contribution in [2.24, 2.45) is 5.10 Å². The summed E-state index contributed by atoms with van der Waals surface area (Å²) in [5.41, 5.74) is 4.78. The van der Waals surface area contributed by atoms with Crippen LogP contribution in [0.25, 0.3) is 10.6 Å². The topological polar surface area (TPSA) is 67.2 Å². The van der Waals surface area contributed by atoms with Crippen LogP contribution < -0.4 is 5.43 Å². The van der Waals surface area contributed by atoms with Crippen molar-refractivity contribution in [2.75, 3.05) is 0 Å². The first kappa shape index (κ1) is 16.3. The SMILES string of the molecule is Cc1nc(-c2cccnc2)sc1C(=O)NN=Cc1ccccc1Cl. The number of hydrogen-bond donors (Lipinski definition) is 1. The fraction of sp³-hybridized carbons (Fsp3) is 0.0588. The minimum absolute atomic E-state index is 0.302. The van der Waals surface area contributed by atoms with Crippen LogP contribution >= 0.6 is 22.9 Å². The van der Waals surface area contributed by atoms with Crippen molar-refractivity contribution in [3.63, 3.8) is 0 Å². The number of aryl methyl sites for hydroxylation is 1. The Bertz CT molecular complexity index is 893. The van der Waals surface area contributed by atoms with Gasteiger partial charge in [0, 0.05) is 28.5 Å². The van der Waals surface area contributed by atoms with E-state index in [4.69, 9.17) is 11.6 Å². The number of halogens is 1. The number of carbonyl (C=O) groups excluding carboxylic acids is 1. The van der Waals surface area contributed by atoms with Crippen molar-refractivity contribution >= 4 is 35.1 Å². The first-order valence-electron chi connectivity index (χ1n) is 7.11. The quantitative estimate of drug-likeness (QED) is 0.569. The third-order valence-corrected chi connectivity index (χ3v) is 4.74. The second-order valence-corrected chi connectivity index (χ2v) is 6.30. The van der Waals surface area contributed by atoms with Crippen LogP contribution in [0, 0.1) is 6.92 Å². The van der Waals surface area contributed by atoms with E-state index in [-0.39, 0.29) is 5.91 Å². The zero-order chi connectivity index (χ0) is 16.9. The van der Waals surface area contributed by atoms with Gasteiger partial charge in [-0.2, -0.15) is 5.10 Å². The second-order valence-electron chi connectivity index (χ2n) is 4.90. The Morgan fingerprint density at radius 1 is 1.29 bits per heavy atom. The van der Waals surface area contributed by atoms with Crippen LogP contribution in [0.2, 0.25) is 5.02 Å². The van der Waals surface area contributed by atoms with Gasteiger partial charge in [0.15, 0.2) is 0 Å². The molecule has 3 rings (SSSR count). The standard InChI is InChI=1S/C17H13ClN4OS/c1-11-15(24-17(21-11)13-6-4-8-19-9-13)16(23)22-20-10-12-5-2-3-7-14(12)18/h2-10H,1H3,(H,22,23). The predicted octanol–water partition coefficient (Wildman–Crippen LogP) is 3.93. The highest BCUT2D eigenvalue weighted by Gasteiger charge is 2.15. The van der Waals surface area contributed by atoms with Crippen LogP contribution in [0.3, 0.4) is 0 Å². The lowest BCUT2D eigenvalue weighted by Gasteiger charge is -1.98. The number of pyridine rings is 1. The van der Waals surface area contributed by atoms with E-state index in [1.165, 1.54) is 17.6 Å². The molecule has 1 amide bonds. The molecular weight excluding hydrogens is 344 g/mol. The molecule has 0 aliphatic rings. The van der Waals surface area contributed by atoms with E-state index in [0.717, 1.165) is 16.1 Å². The molecule has 0 spiro atoms. The van der Waals surface area contributed by atoms with E-state index in [1.807, 2.05) is 30.3 Å². The number of hydrogen-bond acceptors (Lipinski definition) is 5. The molecule has 0 atom stereocenters. The Balaban J connectivity index is 1.74. The number of thiazole rings is 1. The maximum atomic E-state index is 12.3. The van der Waals surface area contributed by atoms with Crippen molar-refractivity contribution in [2.45, 2.75) is 6.92 Å². The highest BCUT2D eigenvalue weighted by molar-refractivity contribution is 7.17. The lowest BCUT2D eigenvalue weighted by Crippen LogP contribution is -2.17. The zero-order valence-corrected chi connectivity index (χ0v) is 14.3. The smallest absolute Gasteiger partial charge is 0.266 e. The Morgan fingerprint density at radius 2 is 2.12 bits per heavy atom. The van der Waals surface area contributed by atoms with Crippen LogP contribution in [0.1, 0.15) is 20.9 Å². The van der Waals surface area contributed by atoms with Crippen LogP contribution in [-0.2, 0) is 0 Å². The van der Waals surface area contributed by atoms with Gasteiger partial charge in [-0.05, 0) is 25.1 Å². The third-order valence-electron chi connectivity index (χ3n) is 3.19. The third kappa shape index (κ3) is 3.67. The summed E-state index contributed by atoms with van der Waals surface area (Å²) in [6, 6.07) is 11.0. The van der Waals surface area contributed by atoms with Crippen LogP contribution in [0.5, 0.6) is 0 Å². The van der Waals surface area contributed by atoms with E-state index >= 15 is 0 Å². The lowest BCUT2D eigenvalue weighted by molar-refractivity contribution is 0.0958. The summed E-state index contributed by atoms with van der Waals surface area (Å²) in [7, 11) is 0. The molecule has 0 fully saturated rings. The maximum absolute atomic E-state index is 12.3. The van der Waals surface area contributed by atoms with Crippen LogP contribution in [0.15, 0.2) is 53.9 Å². The van der Waals surface area contributed by atoms with Crippen LogP contribution in [0.4, 0.5) is 0 Å². The van der Waals surface area contributed by atoms with Crippen molar-refractivity contribution < 1.29 is 4.79 Å². The van der Waals surface area contributed by atoms with Gasteiger partial charge in [-0.25, -0.2) is 10.4 Å². The Hall–Kier alpha value is -2.57. The first-order chi connectivity index (χ1) is 11.6. The first-order valence-corrected chi connectivity index (χ1v) is 8.30. The van der Waals surface area contributed by atoms with Gasteiger partial charge in [0.05, 0.1) is 11.9 Å². The molecule has 2 heterocycles. The average Bonchev–Trinajstić information content (AvgIpc) is 2.99. The molecule has 120 valence electrons. The highest BCUT2D eigenvalue weighted by Crippen LogP contribution is 2.27. The van der Waals surface area contributed by atoms with Gasteiger partial charge in [0.25, 0.3) is 5.91 Å². The predicted molar refractivity (Wildman–Crippen MR) is 96.6 cm³/mol. The number of nitrogens with one attached hydrogen (secondary N) is 1. The molecule has 1 aromatic carbocycles. The van der Waals surface area contributed by atoms with Gasteiger partial charge >= 0.3 is 0 Å². The number of amides is 1. The van der Waals surface area contributed by atoms with Gasteiger partial charge in [-0.1, -0.05) is 29.8 Å². The number of rotatable bonds is 4. The van der Waals surface area contributed by atoms with E-state index in [9.17, 15) is 4.79 Å². The minimum atomic E-state index is -0.302. The molecule has 2 aromatic heterocycles. The second kappa shape index (κ2) is 7.33. The molecular formula is C17H13ClN4OS. The van der Waals surface area contributed by atoms with Crippen molar-refractivity contribution in [3.05, 3.63) is 69.9 Å². The van der Waals surface area contributed by atoms with Gasteiger partial charge in [0.2, 0.25) is 0 Å². The van der Waals surface area contributed by atoms with Crippen molar-refractivity contribution in [1.29, 1.82) is 0 Å². The van der Waals surface area contributed by atoms with E-state index < -0.39 is 0 Å². The molecule has 24 heavy (non-hydrogen) atoms. The van der Waals surface area contributed by atoms with Gasteiger partial charge in [-0.15, -0.1) is 11.3 Å². The molecule has 0 bridgehead atoms. The minimum Gasteiger partial charge on any atom is -0.266 e. The molecule has 1 N–H and O–H groups in total. The fourth-order valence-electron chi connectivity index (χ4n) is 2.01. The summed E-state index contributed by atoms with van der Waals surface area (Å²) in [5, 5.41) is 5.28. The summed E-state index contributed by atoms with van der Waals surface area (Å²) in [5.74, 6) is -0.302. The highest BCUT2D eigenvalue weighted by atomic mass is 35.5. The molecule has 0 radical (unpaired) electrons. The number of aromatic nitrogens is 2. The summed E-state index contributed by atoms with van der Waals surface area (Å²) in [4.78, 5) is 21.3. The fourth-order valence-corrected chi connectivity index (χ4v) is 3.14. The number of benzene rings is 1. The maximum Gasteiger partial charge on any atom is 0.283 e. The molecule has 0 unspecified atom stereocenters. The Kier molecular flexibility index (Phi) is 4.98. The summed E-state index contributed by atoms with van der Waals surface area (Å²) in [6.45, 7) is 1.79. The van der Waals surface area contributed by atoms with Crippen molar-refractivity contribution in [3.8, 4) is 10.6 Å². The monoisotopic (exact) mass is 356 g/mol. The lowest BCUT2D eigenvalue weighted by atomic mass is 10.2. The molecule has 0 saturated heterocycles. The van der Waals surface area contributed by atoms with E-state index in [0.29, 0.717) is 15.6 Å². The zero-order valence-electron chi connectivity index (χ0n) is 12.7. The van der Waals surface area contributed by atoms with E-state index in [2.05, 4.69) is 20.5 Å². The van der Waals surface area contributed by atoms with Gasteiger partial charge < -0.3 is 0 Å². The average molecular weight is 357 g/mol. The Labute approximate surface area is 148 Å². The van der Waals surface area contributed by atoms with Gasteiger partial charge in [0.1, 0.15) is 9.88 Å². The molecule has 3 aromatic rings. The summed E-state index contributed by atoms with van der Waals surface area (Å²) < 4.78 is 0. The van der Waals surface area contributed by atoms with Crippen molar-refractivity contribution in [1.82, 2.24) is 15.4 Å². The molecule has 5 nitrogen and oxygen atoms in total. The number of nitrogens with zero attached hydrogens (tertiary/aromatic N) is 3. The number of carbonyl (C=O) groups is 1. The van der Waals surface area contributed by atoms with Crippen LogP contribution in [-0.4, -0.2) is 22.1 Å². The number of hydrazone groups is 1. The summed E-state index contributed by atoms with van der Waals surface area (Å²) >= 11 is 7.34. The molecule has 0 saturated carbocycles. The molecule has 7 heteroatoms.